The average Bonchev–Trinajstić information content (AvgIpc) is 2.34. The molecule has 1 amide bonds. The number of hydrogen-bond donors (Lipinski definition) is 0. The fourth-order valence-corrected chi connectivity index (χ4v) is 2.32. The zero-order valence-corrected chi connectivity index (χ0v) is 10.3. The highest BCUT2D eigenvalue weighted by molar-refractivity contribution is 6.31. The van der Waals surface area contributed by atoms with Crippen molar-refractivity contribution in [1.82, 2.24) is 4.90 Å². The standard InChI is InChI=1S/C13H15ClFNO/c14-12-9-11(15)5-4-10(12)8-13(17)16-6-2-1-3-7-16/h4-5,9H,1-3,6-8H2. The Morgan fingerprint density at radius 3 is 2.65 bits per heavy atom. The topological polar surface area (TPSA) is 20.3 Å². The molecule has 1 saturated heterocycles. The summed E-state index contributed by atoms with van der Waals surface area (Å²) in [6, 6.07) is 4.17. The van der Waals surface area contributed by atoms with Gasteiger partial charge in [-0.1, -0.05) is 17.7 Å². The van der Waals surface area contributed by atoms with Crippen LogP contribution in [0.25, 0.3) is 0 Å². The van der Waals surface area contributed by atoms with Gasteiger partial charge in [0.2, 0.25) is 5.91 Å². The van der Waals surface area contributed by atoms with Crippen LogP contribution in [0.15, 0.2) is 18.2 Å². The van der Waals surface area contributed by atoms with Crippen LogP contribution in [0.1, 0.15) is 24.8 Å². The zero-order valence-electron chi connectivity index (χ0n) is 9.59. The van der Waals surface area contributed by atoms with Crippen molar-refractivity contribution in [3.8, 4) is 0 Å². The molecule has 17 heavy (non-hydrogen) atoms. The molecule has 92 valence electrons. The van der Waals surface area contributed by atoms with Crippen LogP contribution < -0.4 is 0 Å². The van der Waals surface area contributed by atoms with E-state index in [1.54, 1.807) is 6.07 Å². The second kappa shape index (κ2) is 5.50. The highest BCUT2D eigenvalue weighted by Crippen LogP contribution is 2.19. The lowest BCUT2D eigenvalue weighted by Gasteiger charge is -2.26. The van der Waals surface area contributed by atoms with E-state index in [-0.39, 0.29) is 18.1 Å². The van der Waals surface area contributed by atoms with E-state index in [1.165, 1.54) is 18.6 Å². The van der Waals surface area contributed by atoms with Gasteiger partial charge in [0, 0.05) is 18.1 Å². The van der Waals surface area contributed by atoms with Crippen LogP contribution in [0.3, 0.4) is 0 Å². The number of amides is 1. The van der Waals surface area contributed by atoms with Gasteiger partial charge in [0.1, 0.15) is 5.82 Å². The molecule has 1 aliphatic heterocycles. The Kier molecular flexibility index (Phi) is 4.00. The quantitative estimate of drug-likeness (QED) is 0.796. The van der Waals surface area contributed by atoms with Gasteiger partial charge in [-0.2, -0.15) is 0 Å². The average molecular weight is 256 g/mol. The van der Waals surface area contributed by atoms with Crippen LogP contribution >= 0.6 is 11.6 Å². The molecular weight excluding hydrogens is 241 g/mol. The molecular formula is C13H15ClFNO. The Balaban J connectivity index is 2.02. The Morgan fingerprint density at radius 2 is 2.00 bits per heavy atom. The van der Waals surface area contributed by atoms with Crippen molar-refractivity contribution in [2.75, 3.05) is 13.1 Å². The minimum Gasteiger partial charge on any atom is -0.342 e. The number of rotatable bonds is 2. The maximum Gasteiger partial charge on any atom is 0.227 e. The molecule has 1 aromatic rings. The van der Waals surface area contributed by atoms with Crippen LogP contribution in [0.5, 0.6) is 0 Å². The van der Waals surface area contributed by atoms with E-state index in [0.29, 0.717) is 10.6 Å². The summed E-state index contributed by atoms with van der Waals surface area (Å²) in [4.78, 5) is 13.8. The third kappa shape index (κ3) is 3.19. The number of carbonyl (C=O) groups is 1. The number of piperidine rings is 1. The number of hydrogen-bond acceptors (Lipinski definition) is 1. The lowest BCUT2D eigenvalue weighted by Crippen LogP contribution is -2.36. The largest absolute Gasteiger partial charge is 0.342 e. The van der Waals surface area contributed by atoms with Gasteiger partial charge in [0.05, 0.1) is 6.42 Å². The normalized spacial score (nSPS) is 16.0. The molecule has 4 heteroatoms. The van der Waals surface area contributed by atoms with Crippen LogP contribution in [0.2, 0.25) is 5.02 Å². The van der Waals surface area contributed by atoms with Crippen LogP contribution in [-0.4, -0.2) is 23.9 Å². The molecule has 0 aliphatic carbocycles. The predicted octanol–water partition coefficient (Wildman–Crippen LogP) is 3.03. The molecule has 1 aliphatic rings. The number of likely N-dealkylation sites (tertiary alicyclic amines) is 1. The van der Waals surface area contributed by atoms with Gasteiger partial charge in [0.15, 0.2) is 0 Å². The third-order valence-electron chi connectivity index (χ3n) is 3.07. The van der Waals surface area contributed by atoms with Crippen molar-refractivity contribution in [2.24, 2.45) is 0 Å². The van der Waals surface area contributed by atoms with Crippen molar-refractivity contribution in [1.29, 1.82) is 0 Å². The van der Waals surface area contributed by atoms with Gasteiger partial charge in [0.25, 0.3) is 0 Å². The van der Waals surface area contributed by atoms with Gasteiger partial charge >= 0.3 is 0 Å². The maximum absolute atomic E-state index is 12.9. The van der Waals surface area contributed by atoms with Crippen LogP contribution in [0, 0.1) is 5.82 Å². The van der Waals surface area contributed by atoms with Crippen LogP contribution in [-0.2, 0) is 11.2 Å². The predicted molar refractivity (Wildman–Crippen MR) is 65.5 cm³/mol. The number of benzene rings is 1. The molecule has 0 N–H and O–H groups in total. The molecule has 1 aromatic carbocycles. The fourth-order valence-electron chi connectivity index (χ4n) is 2.08. The Morgan fingerprint density at radius 1 is 1.29 bits per heavy atom. The molecule has 1 fully saturated rings. The molecule has 0 unspecified atom stereocenters. The SMILES string of the molecule is O=C(Cc1ccc(F)cc1Cl)N1CCCCC1. The number of carbonyl (C=O) groups excluding carboxylic acids is 1. The van der Waals surface area contributed by atoms with Gasteiger partial charge in [-0.05, 0) is 37.0 Å². The monoisotopic (exact) mass is 255 g/mol. The van der Waals surface area contributed by atoms with Crippen molar-refractivity contribution in [3.63, 3.8) is 0 Å². The van der Waals surface area contributed by atoms with E-state index in [1.807, 2.05) is 4.90 Å². The first kappa shape index (κ1) is 12.4. The smallest absolute Gasteiger partial charge is 0.227 e. The lowest BCUT2D eigenvalue weighted by molar-refractivity contribution is -0.131. The van der Waals surface area contributed by atoms with Crippen molar-refractivity contribution < 1.29 is 9.18 Å². The third-order valence-corrected chi connectivity index (χ3v) is 3.42. The maximum atomic E-state index is 12.9. The lowest BCUT2D eigenvalue weighted by atomic mass is 10.1. The first-order chi connectivity index (χ1) is 8.16. The number of halogens is 2. The molecule has 0 bridgehead atoms. The summed E-state index contributed by atoms with van der Waals surface area (Å²) in [5.41, 5.74) is 0.698. The van der Waals surface area contributed by atoms with Gasteiger partial charge in [-0.25, -0.2) is 4.39 Å². The van der Waals surface area contributed by atoms with Gasteiger partial charge in [-0.3, -0.25) is 4.79 Å². The Hall–Kier alpha value is -1.09. The Bertz CT molecular complexity index is 416. The minimum atomic E-state index is -0.371. The molecule has 0 saturated carbocycles. The summed E-state index contributed by atoms with van der Waals surface area (Å²) >= 11 is 5.90. The summed E-state index contributed by atoms with van der Waals surface area (Å²) in [5.74, 6) is -0.289. The molecule has 0 aromatic heterocycles. The highest BCUT2D eigenvalue weighted by Gasteiger charge is 2.17. The van der Waals surface area contributed by atoms with Gasteiger partial charge < -0.3 is 4.90 Å². The van der Waals surface area contributed by atoms with E-state index in [4.69, 9.17) is 11.6 Å². The number of nitrogens with zero attached hydrogens (tertiary/aromatic N) is 1. The van der Waals surface area contributed by atoms with Crippen molar-refractivity contribution in [3.05, 3.63) is 34.6 Å². The first-order valence-electron chi connectivity index (χ1n) is 5.88. The van der Waals surface area contributed by atoms with E-state index < -0.39 is 0 Å². The van der Waals surface area contributed by atoms with E-state index in [2.05, 4.69) is 0 Å². The first-order valence-corrected chi connectivity index (χ1v) is 6.26. The summed E-state index contributed by atoms with van der Waals surface area (Å²) < 4.78 is 12.9. The molecule has 0 spiro atoms. The summed E-state index contributed by atoms with van der Waals surface area (Å²) in [6.45, 7) is 1.66. The van der Waals surface area contributed by atoms with Crippen molar-refractivity contribution in [2.45, 2.75) is 25.7 Å². The Labute approximate surface area is 105 Å². The second-order valence-electron chi connectivity index (χ2n) is 4.35. The molecule has 0 radical (unpaired) electrons. The van der Waals surface area contributed by atoms with E-state index in [0.717, 1.165) is 25.9 Å². The molecule has 2 rings (SSSR count). The fraction of sp³-hybridized carbons (Fsp3) is 0.462. The summed E-state index contributed by atoms with van der Waals surface area (Å²) in [6.07, 6.45) is 3.60. The minimum absolute atomic E-state index is 0.0817. The van der Waals surface area contributed by atoms with Gasteiger partial charge in [-0.15, -0.1) is 0 Å². The van der Waals surface area contributed by atoms with Crippen LogP contribution in [0.4, 0.5) is 4.39 Å². The van der Waals surface area contributed by atoms with E-state index in [9.17, 15) is 9.18 Å². The molecule has 0 atom stereocenters. The second-order valence-corrected chi connectivity index (χ2v) is 4.76. The molecule has 2 nitrogen and oxygen atoms in total. The van der Waals surface area contributed by atoms with E-state index >= 15 is 0 Å². The highest BCUT2D eigenvalue weighted by atomic mass is 35.5. The van der Waals surface area contributed by atoms with Crippen molar-refractivity contribution >= 4 is 17.5 Å². The summed E-state index contributed by atoms with van der Waals surface area (Å²) in [5, 5.41) is 0.329. The summed E-state index contributed by atoms with van der Waals surface area (Å²) in [7, 11) is 0. The zero-order chi connectivity index (χ0) is 12.3. The molecule has 1 heterocycles.